The second kappa shape index (κ2) is 7.83. The van der Waals surface area contributed by atoms with Crippen LogP contribution < -0.4 is 0 Å². The van der Waals surface area contributed by atoms with E-state index < -0.39 is 22.5 Å². The molecule has 4 nitrogen and oxygen atoms in total. The topological polar surface area (TPSA) is 61.2 Å². The van der Waals surface area contributed by atoms with Crippen molar-refractivity contribution < 1.29 is 17.2 Å². The highest BCUT2D eigenvalue weighted by Crippen LogP contribution is 2.27. The van der Waals surface area contributed by atoms with Crippen molar-refractivity contribution in [1.29, 1.82) is 5.26 Å². The minimum Gasteiger partial charge on any atom is -0.209 e. The van der Waals surface area contributed by atoms with Gasteiger partial charge in [0, 0.05) is 7.05 Å². The van der Waals surface area contributed by atoms with Crippen molar-refractivity contribution in [2.75, 3.05) is 7.05 Å². The van der Waals surface area contributed by atoms with Crippen LogP contribution in [0.25, 0.3) is 0 Å². The van der Waals surface area contributed by atoms with Crippen molar-refractivity contribution in [3.05, 3.63) is 52.2 Å². The van der Waals surface area contributed by atoms with Gasteiger partial charge in [-0.1, -0.05) is 30.3 Å². The first kappa shape index (κ1) is 18.5. The van der Waals surface area contributed by atoms with Crippen molar-refractivity contribution in [2.45, 2.75) is 30.2 Å². The summed E-state index contributed by atoms with van der Waals surface area (Å²) in [7, 11) is -3.01. The molecule has 24 heavy (non-hydrogen) atoms. The third-order valence-corrected chi connectivity index (χ3v) is 6.59. The van der Waals surface area contributed by atoms with Gasteiger partial charge < -0.3 is 0 Å². The lowest BCUT2D eigenvalue weighted by Gasteiger charge is -2.26. The van der Waals surface area contributed by atoms with E-state index in [1.165, 1.54) is 11.4 Å². The predicted molar refractivity (Wildman–Crippen MR) is 88.5 cm³/mol. The van der Waals surface area contributed by atoms with E-state index in [0.717, 1.165) is 23.9 Å². The third-order valence-electron chi connectivity index (χ3n) is 3.72. The quantitative estimate of drug-likeness (QED) is 0.749. The molecule has 0 aliphatic rings. The van der Waals surface area contributed by atoms with E-state index in [2.05, 4.69) is 0 Å². The van der Waals surface area contributed by atoms with Crippen molar-refractivity contribution in [3.63, 3.8) is 0 Å². The molecular formula is C16H16F2N2O2S2. The summed E-state index contributed by atoms with van der Waals surface area (Å²) in [6, 6.07) is 10.7. The van der Waals surface area contributed by atoms with Crippen LogP contribution in [-0.2, 0) is 16.4 Å². The van der Waals surface area contributed by atoms with Crippen molar-refractivity contribution >= 4 is 21.4 Å². The molecule has 0 N–H and O–H groups in total. The molecule has 8 heteroatoms. The molecule has 0 aliphatic heterocycles. The van der Waals surface area contributed by atoms with Crippen LogP contribution in [0.1, 0.15) is 16.9 Å². The molecule has 2 aromatic rings. The van der Waals surface area contributed by atoms with E-state index >= 15 is 0 Å². The fraction of sp³-hybridized carbons (Fsp3) is 0.312. The summed E-state index contributed by atoms with van der Waals surface area (Å²) in [6.45, 7) is 0. The smallest absolute Gasteiger partial charge is 0.209 e. The van der Waals surface area contributed by atoms with E-state index in [0.29, 0.717) is 10.7 Å². The molecule has 1 aromatic heterocycles. The average molecular weight is 370 g/mol. The number of hydrogen-bond donors (Lipinski definition) is 0. The van der Waals surface area contributed by atoms with Gasteiger partial charge >= 0.3 is 0 Å². The molecule has 0 saturated carbocycles. The van der Waals surface area contributed by atoms with E-state index in [4.69, 9.17) is 5.26 Å². The Labute approximate surface area is 144 Å². The average Bonchev–Trinajstić information content (AvgIpc) is 3.05. The number of rotatable bonds is 7. The Balaban J connectivity index is 2.22. The van der Waals surface area contributed by atoms with Crippen LogP contribution >= 0.6 is 11.3 Å². The molecule has 1 atom stereocenters. The predicted octanol–water partition coefficient (Wildman–Crippen LogP) is 3.51. The van der Waals surface area contributed by atoms with E-state index in [9.17, 15) is 17.2 Å². The second-order valence-corrected chi connectivity index (χ2v) is 8.06. The summed E-state index contributed by atoms with van der Waals surface area (Å²) in [6.07, 6.45) is -2.49. The third kappa shape index (κ3) is 3.98. The Kier molecular flexibility index (Phi) is 6.04. The molecule has 0 spiro atoms. The monoisotopic (exact) mass is 370 g/mol. The molecule has 0 aliphatic carbocycles. The number of nitrogens with zero attached hydrogens (tertiary/aromatic N) is 2. The lowest BCUT2D eigenvalue weighted by Crippen LogP contribution is -2.42. The Bertz CT molecular complexity index is 814. The fourth-order valence-corrected chi connectivity index (χ4v) is 4.85. The molecule has 0 radical (unpaired) electrons. The van der Waals surface area contributed by atoms with Crippen LogP contribution in [0.4, 0.5) is 8.78 Å². The number of halogens is 2. The summed E-state index contributed by atoms with van der Waals surface area (Å²) >= 11 is 0.970. The lowest BCUT2D eigenvalue weighted by molar-refractivity contribution is 0.0659. The van der Waals surface area contributed by atoms with Crippen LogP contribution in [0.2, 0.25) is 0 Å². The summed E-state index contributed by atoms with van der Waals surface area (Å²) in [4.78, 5) is -0.221. The molecule has 1 aromatic carbocycles. The highest BCUT2D eigenvalue weighted by Gasteiger charge is 2.35. The van der Waals surface area contributed by atoms with Gasteiger partial charge in [0.15, 0.2) is 0 Å². The molecule has 0 saturated heterocycles. The van der Waals surface area contributed by atoms with Crippen molar-refractivity contribution in [3.8, 4) is 6.07 Å². The summed E-state index contributed by atoms with van der Waals surface area (Å²) in [5.41, 5.74) is 0.863. The largest absolute Gasteiger partial charge is 0.255 e. The molecule has 0 bridgehead atoms. The van der Waals surface area contributed by atoms with Crippen LogP contribution in [-0.4, -0.2) is 32.2 Å². The standard InChI is InChI=1S/C16H16F2N2O2S2/c1-20(24(21,22)15-9-10-23-14(15)11-19)13(16(17)18)8-7-12-5-3-2-4-6-12/h2-6,9-10,13,16H,7-8H2,1H3. The molecule has 0 fully saturated rings. The number of thiophene rings is 1. The zero-order valence-electron chi connectivity index (χ0n) is 12.9. The number of alkyl halides is 2. The van der Waals surface area contributed by atoms with E-state index in [-0.39, 0.29) is 16.2 Å². The van der Waals surface area contributed by atoms with E-state index in [1.54, 1.807) is 18.2 Å². The van der Waals surface area contributed by atoms with Gasteiger partial charge in [0.05, 0.1) is 6.04 Å². The van der Waals surface area contributed by atoms with Gasteiger partial charge in [-0.05, 0) is 29.9 Å². The first-order valence-corrected chi connectivity index (χ1v) is 9.47. The van der Waals surface area contributed by atoms with Gasteiger partial charge in [0.1, 0.15) is 15.8 Å². The van der Waals surface area contributed by atoms with Crippen LogP contribution in [0, 0.1) is 11.3 Å². The molecule has 0 amide bonds. The Morgan fingerprint density at radius 2 is 1.92 bits per heavy atom. The fourth-order valence-electron chi connectivity index (χ4n) is 2.34. The Hall–Kier alpha value is -1.82. The van der Waals surface area contributed by atoms with Gasteiger partial charge in [-0.3, -0.25) is 0 Å². The number of nitriles is 1. The maximum Gasteiger partial charge on any atom is 0.255 e. The summed E-state index contributed by atoms with van der Waals surface area (Å²) in [5, 5.41) is 10.4. The van der Waals surface area contributed by atoms with Gasteiger partial charge in [0.2, 0.25) is 10.0 Å². The number of benzene rings is 1. The number of sulfonamides is 1. The minimum absolute atomic E-state index is 0.00192. The summed E-state index contributed by atoms with van der Waals surface area (Å²) in [5.74, 6) is 0. The molecule has 128 valence electrons. The van der Waals surface area contributed by atoms with Crippen LogP contribution in [0.5, 0.6) is 0 Å². The van der Waals surface area contributed by atoms with E-state index in [1.807, 2.05) is 18.2 Å². The zero-order chi connectivity index (χ0) is 17.7. The first-order valence-electron chi connectivity index (χ1n) is 7.15. The van der Waals surface area contributed by atoms with Crippen molar-refractivity contribution in [1.82, 2.24) is 4.31 Å². The van der Waals surface area contributed by atoms with Gasteiger partial charge in [0.25, 0.3) is 6.43 Å². The minimum atomic E-state index is -4.15. The molecule has 2 rings (SSSR count). The maximum absolute atomic E-state index is 13.4. The molecule has 1 heterocycles. The second-order valence-electron chi connectivity index (χ2n) is 5.17. The number of hydrogen-bond acceptors (Lipinski definition) is 4. The Morgan fingerprint density at radius 3 is 2.50 bits per heavy atom. The SMILES string of the molecule is CN(C(CCc1ccccc1)C(F)F)S(=O)(=O)c1ccsc1C#N. The lowest BCUT2D eigenvalue weighted by atomic mass is 10.1. The maximum atomic E-state index is 13.4. The number of aryl methyl sites for hydroxylation is 1. The Morgan fingerprint density at radius 1 is 1.25 bits per heavy atom. The van der Waals surface area contributed by atoms with Crippen LogP contribution in [0.3, 0.4) is 0 Å². The highest BCUT2D eigenvalue weighted by molar-refractivity contribution is 7.89. The zero-order valence-corrected chi connectivity index (χ0v) is 14.5. The molecule has 1 unspecified atom stereocenters. The first-order chi connectivity index (χ1) is 11.4. The van der Waals surface area contributed by atoms with Crippen molar-refractivity contribution in [2.24, 2.45) is 0 Å². The highest BCUT2D eigenvalue weighted by atomic mass is 32.2. The summed E-state index contributed by atoms with van der Waals surface area (Å²) < 4.78 is 52.7. The van der Waals surface area contributed by atoms with Gasteiger partial charge in [-0.15, -0.1) is 11.3 Å². The van der Waals surface area contributed by atoms with Gasteiger partial charge in [-0.25, -0.2) is 17.2 Å². The van der Waals surface area contributed by atoms with Crippen LogP contribution in [0.15, 0.2) is 46.7 Å². The normalized spacial score (nSPS) is 13.2. The van der Waals surface area contributed by atoms with Gasteiger partial charge in [-0.2, -0.15) is 9.57 Å². The molecular weight excluding hydrogens is 354 g/mol.